The number of carboxylic acid groups (broad SMARTS) is 1. The third-order valence-corrected chi connectivity index (χ3v) is 5.87. The molecule has 0 fully saturated rings. The Hall–Kier alpha value is -3.40. The maximum absolute atomic E-state index is 12.7. The zero-order valence-corrected chi connectivity index (χ0v) is 17.7. The Morgan fingerprint density at radius 2 is 1.91 bits per heavy atom. The van der Waals surface area contributed by atoms with Crippen LogP contribution in [0, 0.1) is 6.92 Å². The largest absolute Gasteiger partial charge is 0.493 e. The molecule has 0 radical (unpaired) electrons. The van der Waals surface area contributed by atoms with Gasteiger partial charge < -0.3 is 9.84 Å². The molecule has 0 bridgehead atoms. The second-order valence-electron chi connectivity index (χ2n) is 7.15. The summed E-state index contributed by atoms with van der Waals surface area (Å²) in [5.41, 5.74) is 1.84. The Bertz CT molecular complexity index is 1260. The van der Waals surface area contributed by atoms with Crippen LogP contribution in [0.4, 0.5) is 13.2 Å². The van der Waals surface area contributed by atoms with Gasteiger partial charge in [-0.2, -0.15) is 28.2 Å². The van der Waals surface area contributed by atoms with E-state index in [0.29, 0.717) is 35.9 Å². The summed E-state index contributed by atoms with van der Waals surface area (Å²) in [6, 6.07) is 10.2. The maximum Gasteiger partial charge on any atom is 0.416 e. The summed E-state index contributed by atoms with van der Waals surface area (Å²) in [6.45, 7) is 2.12. The van der Waals surface area contributed by atoms with Gasteiger partial charge in [-0.05, 0) is 65.7 Å². The van der Waals surface area contributed by atoms with E-state index in [1.807, 2.05) is 17.5 Å². The number of hydrogen-bond donors (Lipinski definition) is 1. The van der Waals surface area contributed by atoms with Crippen molar-refractivity contribution in [1.29, 1.82) is 0 Å². The van der Waals surface area contributed by atoms with Crippen LogP contribution in [-0.4, -0.2) is 32.7 Å². The van der Waals surface area contributed by atoms with Crippen LogP contribution in [0.1, 0.15) is 22.5 Å². The molecule has 0 aliphatic heterocycles. The first-order chi connectivity index (χ1) is 15.2. The van der Waals surface area contributed by atoms with Gasteiger partial charge in [0.2, 0.25) is 0 Å². The molecule has 2 aromatic heterocycles. The number of aryl methyl sites for hydroxylation is 1. The molecule has 0 saturated heterocycles. The number of carbonyl (C=O) groups is 1. The van der Waals surface area contributed by atoms with Crippen LogP contribution < -0.4 is 4.74 Å². The van der Waals surface area contributed by atoms with Crippen molar-refractivity contribution in [3.8, 4) is 11.4 Å². The molecule has 166 valence electrons. The average Bonchev–Trinajstić information content (AvgIpc) is 3.30. The normalized spacial score (nSPS) is 11.8. The van der Waals surface area contributed by atoms with Crippen LogP contribution in [0.25, 0.3) is 15.8 Å². The Morgan fingerprint density at radius 3 is 2.59 bits per heavy atom. The number of carboxylic acids is 1. The summed E-state index contributed by atoms with van der Waals surface area (Å²) in [4.78, 5) is 12.3. The predicted octanol–water partition coefficient (Wildman–Crippen LogP) is 5.06. The Balaban J connectivity index is 1.40. The van der Waals surface area contributed by atoms with Crippen molar-refractivity contribution >= 4 is 27.4 Å². The SMILES string of the molecule is Cc1nn(-c2ccc(C(F)(F)F)cc2)nc1CCOc1ccc2c(CC(=O)O)csc2c1. The Morgan fingerprint density at radius 1 is 1.16 bits per heavy atom. The Kier molecular flexibility index (Phi) is 5.88. The van der Waals surface area contributed by atoms with E-state index < -0.39 is 17.7 Å². The standard InChI is InChI=1S/C22H18F3N3O3S/c1-13-19(27-28(26-13)16-4-2-15(3-5-16)22(23,24)25)8-9-31-17-6-7-18-14(10-21(29)30)12-32-20(18)11-17/h2-7,11-12H,8-10H2,1H3,(H,29,30). The van der Waals surface area contributed by atoms with Crippen LogP contribution in [0.3, 0.4) is 0 Å². The monoisotopic (exact) mass is 461 g/mol. The molecule has 10 heteroatoms. The first-order valence-corrected chi connectivity index (χ1v) is 10.5. The lowest BCUT2D eigenvalue weighted by molar-refractivity contribution is -0.138. The van der Waals surface area contributed by atoms with Crippen LogP contribution >= 0.6 is 11.3 Å². The molecule has 32 heavy (non-hydrogen) atoms. The lowest BCUT2D eigenvalue weighted by Gasteiger charge is -2.07. The summed E-state index contributed by atoms with van der Waals surface area (Å²) >= 11 is 1.47. The lowest BCUT2D eigenvalue weighted by Crippen LogP contribution is -2.06. The molecule has 4 rings (SSSR count). The predicted molar refractivity (Wildman–Crippen MR) is 113 cm³/mol. The van der Waals surface area contributed by atoms with Crippen LogP contribution in [-0.2, 0) is 23.8 Å². The van der Waals surface area contributed by atoms with E-state index in [1.54, 1.807) is 13.0 Å². The summed E-state index contributed by atoms with van der Waals surface area (Å²) in [7, 11) is 0. The van der Waals surface area contributed by atoms with E-state index in [1.165, 1.54) is 28.3 Å². The van der Waals surface area contributed by atoms with Gasteiger partial charge in [-0.1, -0.05) is 0 Å². The second-order valence-corrected chi connectivity index (χ2v) is 8.07. The smallest absolute Gasteiger partial charge is 0.416 e. The van der Waals surface area contributed by atoms with Gasteiger partial charge in [-0.25, -0.2) is 0 Å². The number of alkyl halides is 3. The van der Waals surface area contributed by atoms with Crippen LogP contribution in [0.15, 0.2) is 47.8 Å². The fraction of sp³-hybridized carbons (Fsp3) is 0.227. The van der Waals surface area contributed by atoms with Crippen molar-refractivity contribution in [3.63, 3.8) is 0 Å². The number of rotatable bonds is 7. The van der Waals surface area contributed by atoms with Crippen molar-refractivity contribution in [2.45, 2.75) is 25.9 Å². The molecule has 0 aliphatic carbocycles. The van der Waals surface area contributed by atoms with E-state index in [0.717, 1.165) is 27.8 Å². The van der Waals surface area contributed by atoms with Crippen molar-refractivity contribution in [2.75, 3.05) is 6.61 Å². The molecule has 2 heterocycles. The molecule has 0 spiro atoms. The van der Waals surface area contributed by atoms with Crippen LogP contribution in [0.5, 0.6) is 5.75 Å². The summed E-state index contributed by atoms with van der Waals surface area (Å²) in [6.07, 6.45) is -3.94. The number of benzene rings is 2. The van der Waals surface area contributed by atoms with Crippen molar-refractivity contribution in [1.82, 2.24) is 15.0 Å². The fourth-order valence-electron chi connectivity index (χ4n) is 3.26. The number of aliphatic carboxylic acids is 1. The number of hydrogen-bond acceptors (Lipinski definition) is 5. The minimum atomic E-state index is -4.39. The van der Waals surface area contributed by atoms with Gasteiger partial charge in [0.1, 0.15) is 5.75 Å². The molecule has 2 aromatic carbocycles. The molecule has 0 atom stereocenters. The van der Waals surface area contributed by atoms with Crippen molar-refractivity contribution in [3.05, 3.63) is 70.4 Å². The quantitative estimate of drug-likeness (QED) is 0.416. The lowest BCUT2D eigenvalue weighted by atomic mass is 10.1. The van der Waals surface area contributed by atoms with E-state index >= 15 is 0 Å². The third kappa shape index (κ3) is 4.75. The number of nitrogens with zero attached hydrogens (tertiary/aromatic N) is 3. The van der Waals surface area contributed by atoms with E-state index in [4.69, 9.17) is 9.84 Å². The van der Waals surface area contributed by atoms with Crippen LogP contribution in [0.2, 0.25) is 0 Å². The fourth-order valence-corrected chi connectivity index (χ4v) is 4.25. The van der Waals surface area contributed by atoms with E-state index in [2.05, 4.69) is 10.2 Å². The highest BCUT2D eigenvalue weighted by Gasteiger charge is 2.30. The molecule has 6 nitrogen and oxygen atoms in total. The van der Waals surface area contributed by atoms with Gasteiger partial charge in [0.05, 0.1) is 35.7 Å². The highest BCUT2D eigenvalue weighted by Crippen LogP contribution is 2.31. The number of aromatic nitrogens is 3. The summed E-state index contributed by atoms with van der Waals surface area (Å²) in [5.74, 6) is -0.209. The summed E-state index contributed by atoms with van der Waals surface area (Å²) in [5, 5.41) is 20.4. The topological polar surface area (TPSA) is 77.2 Å². The number of thiophene rings is 1. The molecule has 0 aliphatic rings. The second kappa shape index (κ2) is 8.62. The van der Waals surface area contributed by atoms with E-state index in [9.17, 15) is 18.0 Å². The Labute approximate surface area is 184 Å². The molecule has 4 aromatic rings. The number of halogens is 3. The van der Waals surface area contributed by atoms with Gasteiger partial charge in [-0.3, -0.25) is 4.79 Å². The molecule has 0 unspecified atom stereocenters. The minimum absolute atomic E-state index is 0.0198. The molecule has 0 amide bonds. The number of ether oxygens (including phenoxy) is 1. The molecule has 0 saturated carbocycles. The highest BCUT2D eigenvalue weighted by atomic mass is 32.1. The maximum atomic E-state index is 12.7. The van der Waals surface area contributed by atoms with Gasteiger partial charge in [0, 0.05) is 11.1 Å². The van der Waals surface area contributed by atoms with Gasteiger partial charge in [-0.15, -0.1) is 11.3 Å². The third-order valence-electron chi connectivity index (χ3n) is 4.88. The molecular weight excluding hydrogens is 443 g/mol. The highest BCUT2D eigenvalue weighted by molar-refractivity contribution is 7.17. The van der Waals surface area contributed by atoms with Gasteiger partial charge >= 0.3 is 12.1 Å². The zero-order valence-electron chi connectivity index (χ0n) is 16.9. The van der Waals surface area contributed by atoms with Crippen molar-refractivity contribution in [2.24, 2.45) is 0 Å². The summed E-state index contributed by atoms with van der Waals surface area (Å²) < 4.78 is 45.0. The first kappa shape index (κ1) is 21.8. The van der Waals surface area contributed by atoms with Gasteiger partial charge in [0.15, 0.2) is 0 Å². The van der Waals surface area contributed by atoms with Crippen molar-refractivity contribution < 1.29 is 27.8 Å². The molecular formula is C22H18F3N3O3S. The first-order valence-electron chi connectivity index (χ1n) is 9.66. The average molecular weight is 461 g/mol. The van der Waals surface area contributed by atoms with Gasteiger partial charge in [0.25, 0.3) is 0 Å². The van der Waals surface area contributed by atoms with E-state index in [-0.39, 0.29) is 6.42 Å². The number of fused-ring (bicyclic) bond motifs is 1. The zero-order chi connectivity index (χ0) is 22.9. The minimum Gasteiger partial charge on any atom is -0.493 e. The molecule has 1 N–H and O–H groups in total.